The molecule has 3 nitrogen and oxygen atoms in total. The van der Waals surface area contributed by atoms with E-state index in [0.29, 0.717) is 0 Å². The van der Waals surface area contributed by atoms with Crippen LogP contribution in [0.5, 0.6) is 5.75 Å². The minimum atomic E-state index is -0.795. The lowest BCUT2D eigenvalue weighted by Crippen LogP contribution is -2.24. The smallest absolute Gasteiger partial charge is 0.169 e. The number of aliphatic hydroxyl groups excluding tert-OH is 1. The van der Waals surface area contributed by atoms with Crippen molar-refractivity contribution in [2.24, 2.45) is 5.73 Å². The maximum atomic E-state index is 13.6. The molecule has 1 aromatic carbocycles. The van der Waals surface area contributed by atoms with Crippen LogP contribution in [0.15, 0.2) is 18.2 Å². The Hall–Kier alpha value is -1.13. The summed E-state index contributed by atoms with van der Waals surface area (Å²) < 4.78 is 18.4. The molecule has 78 valence electrons. The quantitative estimate of drug-likeness (QED) is 0.769. The highest BCUT2D eigenvalue weighted by Gasteiger charge is 2.18. The number of nitrogens with two attached hydrogens (primary N) is 1. The van der Waals surface area contributed by atoms with Crippen LogP contribution in [0.4, 0.5) is 4.39 Å². The van der Waals surface area contributed by atoms with Crippen molar-refractivity contribution < 1.29 is 14.2 Å². The lowest BCUT2D eigenvalue weighted by atomic mass is 10.0. The lowest BCUT2D eigenvalue weighted by molar-refractivity contribution is 0.162. The van der Waals surface area contributed by atoms with Gasteiger partial charge in [-0.1, -0.05) is 12.1 Å². The Morgan fingerprint density at radius 1 is 1.50 bits per heavy atom. The molecule has 0 heterocycles. The Morgan fingerprint density at radius 2 is 2.14 bits per heavy atom. The second kappa shape index (κ2) is 4.39. The molecule has 3 N–H and O–H groups in total. The van der Waals surface area contributed by atoms with E-state index in [1.807, 2.05) is 0 Å². The molecule has 0 unspecified atom stereocenters. The van der Waals surface area contributed by atoms with Crippen molar-refractivity contribution in [3.05, 3.63) is 29.6 Å². The van der Waals surface area contributed by atoms with Crippen LogP contribution in [-0.4, -0.2) is 18.3 Å². The second-order valence-corrected chi connectivity index (χ2v) is 3.13. The van der Waals surface area contributed by atoms with Crippen molar-refractivity contribution in [2.75, 3.05) is 7.11 Å². The first-order chi connectivity index (χ1) is 6.57. The molecule has 0 spiro atoms. The van der Waals surface area contributed by atoms with Crippen molar-refractivity contribution in [3.8, 4) is 5.75 Å². The third kappa shape index (κ3) is 2.02. The van der Waals surface area contributed by atoms with E-state index >= 15 is 0 Å². The fourth-order valence-electron chi connectivity index (χ4n) is 1.20. The van der Waals surface area contributed by atoms with Gasteiger partial charge in [-0.3, -0.25) is 0 Å². The molecular weight excluding hydrogens is 185 g/mol. The summed E-state index contributed by atoms with van der Waals surface area (Å²) >= 11 is 0. The predicted molar refractivity (Wildman–Crippen MR) is 51.6 cm³/mol. The summed E-state index contributed by atoms with van der Waals surface area (Å²) in [4.78, 5) is 0. The highest BCUT2D eigenvalue weighted by atomic mass is 19.1. The Morgan fingerprint density at radius 3 is 2.64 bits per heavy atom. The van der Waals surface area contributed by atoms with Crippen LogP contribution in [0.1, 0.15) is 18.5 Å². The number of ether oxygens (including phenoxy) is 1. The predicted octanol–water partition coefficient (Wildman–Crippen LogP) is 1.21. The molecule has 0 bridgehead atoms. The monoisotopic (exact) mass is 199 g/mol. The zero-order chi connectivity index (χ0) is 10.7. The largest absolute Gasteiger partial charge is 0.494 e. The molecule has 0 amide bonds. The summed E-state index contributed by atoms with van der Waals surface area (Å²) in [5, 5.41) is 9.23. The van der Waals surface area contributed by atoms with Gasteiger partial charge in [0, 0.05) is 5.56 Å². The van der Waals surface area contributed by atoms with Gasteiger partial charge in [-0.05, 0) is 13.0 Å². The van der Waals surface area contributed by atoms with Gasteiger partial charge in [0.1, 0.15) is 0 Å². The molecule has 2 atom stereocenters. The minimum Gasteiger partial charge on any atom is -0.494 e. The Balaban J connectivity index is 3.09. The number of methoxy groups -OCH3 is 1. The van der Waals surface area contributed by atoms with Gasteiger partial charge in [0.2, 0.25) is 0 Å². The Kier molecular flexibility index (Phi) is 3.43. The van der Waals surface area contributed by atoms with Crippen molar-refractivity contribution in [1.82, 2.24) is 0 Å². The topological polar surface area (TPSA) is 55.5 Å². The first-order valence-electron chi connectivity index (χ1n) is 4.34. The average Bonchev–Trinajstić information content (AvgIpc) is 2.17. The van der Waals surface area contributed by atoms with Crippen LogP contribution >= 0.6 is 0 Å². The van der Waals surface area contributed by atoms with Crippen LogP contribution < -0.4 is 10.5 Å². The van der Waals surface area contributed by atoms with E-state index < -0.39 is 18.0 Å². The van der Waals surface area contributed by atoms with Gasteiger partial charge in [-0.25, -0.2) is 4.39 Å². The molecule has 0 fully saturated rings. The summed E-state index contributed by atoms with van der Waals surface area (Å²) in [6, 6.07) is 3.95. The molecule has 0 aliphatic carbocycles. The fraction of sp³-hybridized carbons (Fsp3) is 0.400. The number of hydrogen-bond donors (Lipinski definition) is 2. The van der Waals surface area contributed by atoms with Crippen LogP contribution in [0.3, 0.4) is 0 Å². The molecular formula is C10H14FNO2. The van der Waals surface area contributed by atoms with Crippen LogP contribution in [0, 0.1) is 5.82 Å². The normalized spacial score (nSPS) is 14.9. The third-order valence-electron chi connectivity index (χ3n) is 2.09. The molecule has 0 aliphatic rings. The van der Waals surface area contributed by atoms with E-state index in [1.165, 1.54) is 26.2 Å². The summed E-state index contributed by atoms with van der Waals surface area (Å²) in [5.74, 6) is -0.373. The molecule has 0 saturated heterocycles. The minimum absolute atomic E-state index is 0.138. The average molecular weight is 199 g/mol. The zero-order valence-corrected chi connectivity index (χ0v) is 8.20. The molecule has 1 rings (SSSR count). The Bertz CT molecular complexity index is 315. The maximum Gasteiger partial charge on any atom is 0.169 e. The van der Waals surface area contributed by atoms with Gasteiger partial charge < -0.3 is 15.6 Å². The molecule has 4 heteroatoms. The maximum absolute atomic E-state index is 13.6. The van der Waals surface area contributed by atoms with Crippen LogP contribution in [0.2, 0.25) is 0 Å². The standard InChI is InChI=1S/C10H14FNO2/c1-6(13)10(12)7-4-3-5-8(14-2)9(7)11/h3-6,10,13H,12H2,1-2H3/t6-,10-/m0/s1. The molecule has 0 aliphatic heterocycles. The number of benzene rings is 1. The highest BCUT2D eigenvalue weighted by molar-refractivity contribution is 5.33. The summed E-state index contributed by atoms with van der Waals surface area (Å²) in [6.45, 7) is 1.52. The van der Waals surface area contributed by atoms with Crippen molar-refractivity contribution in [1.29, 1.82) is 0 Å². The van der Waals surface area contributed by atoms with Gasteiger partial charge in [0.05, 0.1) is 19.3 Å². The van der Waals surface area contributed by atoms with Gasteiger partial charge in [-0.15, -0.1) is 0 Å². The van der Waals surface area contributed by atoms with Crippen LogP contribution in [0.25, 0.3) is 0 Å². The Labute approximate surface area is 82.3 Å². The third-order valence-corrected chi connectivity index (χ3v) is 2.09. The second-order valence-electron chi connectivity index (χ2n) is 3.13. The molecule has 1 aromatic rings. The van der Waals surface area contributed by atoms with Crippen molar-refractivity contribution in [2.45, 2.75) is 19.1 Å². The zero-order valence-electron chi connectivity index (χ0n) is 8.20. The number of rotatable bonds is 3. The fourth-order valence-corrected chi connectivity index (χ4v) is 1.20. The number of aliphatic hydroxyl groups is 1. The van der Waals surface area contributed by atoms with Crippen molar-refractivity contribution >= 4 is 0 Å². The van der Waals surface area contributed by atoms with Gasteiger partial charge in [0.15, 0.2) is 11.6 Å². The summed E-state index contributed by atoms with van der Waals surface area (Å²) in [5.41, 5.74) is 5.88. The molecule has 0 saturated carbocycles. The number of halogens is 1. The molecule has 14 heavy (non-hydrogen) atoms. The summed E-state index contributed by atoms with van der Waals surface area (Å²) in [7, 11) is 1.39. The lowest BCUT2D eigenvalue weighted by Gasteiger charge is -2.16. The van der Waals surface area contributed by atoms with Crippen molar-refractivity contribution in [3.63, 3.8) is 0 Å². The van der Waals surface area contributed by atoms with Gasteiger partial charge in [0.25, 0.3) is 0 Å². The molecule has 0 radical (unpaired) electrons. The summed E-state index contributed by atoms with van der Waals surface area (Å²) in [6.07, 6.45) is -0.795. The first-order valence-corrected chi connectivity index (χ1v) is 4.34. The van der Waals surface area contributed by atoms with E-state index in [0.717, 1.165) is 0 Å². The molecule has 0 aromatic heterocycles. The van der Waals surface area contributed by atoms with E-state index in [4.69, 9.17) is 10.5 Å². The van der Waals surface area contributed by atoms with Gasteiger partial charge in [-0.2, -0.15) is 0 Å². The van der Waals surface area contributed by atoms with E-state index in [2.05, 4.69) is 0 Å². The SMILES string of the molecule is COc1cccc([C@@H](N)[C@H](C)O)c1F. The first kappa shape index (κ1) is 10.9. The van der Waals surface area contributed by atoms with E-state index in [-0.39, 0.29) is 11.3 Å². The van der Waals surface area contributed by atoms with Gasteiger partial charge >= 0.3 is 0 Å². The van der Waals surface area contributed by atoms with Crippen LogP contribution in [-0.2, 0) is 0 Å². The van der Waals surface area contributed by atoms with E-state index in [9.17, 15) is 9.50 Å². The highest BCUT2D eigenvalue weighted by Crippen LogP contribution is 2.25. The number of hydrogen-bond acceptors (Lipinski definition) is 3. The van der Waals surface area contributed by atoms with E-state index in [1.54, 1.807) is 6.07 Å².